The van der Waals surface area contributed by atoms with Gasteiger partial charge in [-0.1, -0.05) is 30.0 Å². The molecule has 4 heteroatoms. The van der Waals surface area contributed by atoms with E-state index >= 15 is 0 Å². The van der Waals surface area contributed by atoms with E-state index in [0.717, 1.165) is 11.1 Å². The lowest BCUT2D eigenvalue weighted by atomic mass is 10.1. The lowest BCUT2D eigenvalue weighted by Gasteiger charge is -2.06. The van der Waals surface area contributed by atoms with Crippen LogP contribution in [0.15, 0.2) is 24.3 Å². The molecule has 0 saturated heterocycles. The Morgan fingerprint density at radius 1 is 1.47 bits per heavy atom. The van der Waals surface area contributed by atoms with Crippen molar-refractivity contribution >= 4 is 17.7 Å². The maximum Gasteiger partial charge on any atom is 0.230 e. The van der Waals surface area contributed by atoms with Gasteiger partial charge in [0.05, 0.1) is 12.3 Å². The van der Waals surface area contributed by atoms with Crippen LogP contribution in [-0.4, -0.2) is 24.5 Å². The fourth-order valence-corrected chi connectivity index (χ4v) is 1.68. The number of hydrogen-bond donors (Lipinski definition) is 2. The third-order valence-electron chi connectivity index (χ3n) is 2.09. The number of benzene rings is 1. The van der Waals surface area contributed by atoms with Gasteiger partial charge in [0.15, 0.2) is 0 Å². The number of thioether (sulfide) groups is 1. The molecule has 90 valence electrons. The van der Waals surface area contributed by atoms with Crippen molar-refractivity contribution in [3.8, 4) is 11.8 Å². The van der Waals surface area contributed by atoms with Crippen LogP contribution in [0.3, 0.4) is 0 Å². The molecule has 0 aromatic heterocycles. The van der Waals surface area contributed by atoms with Crippen molar-refractivity contribution in [1.82, 2.24) is 5.32 Å². The van der Waals surface area contributed by atoms with E-state index in [0.29, 0.717) is 18.8 Å². The minimum absolute atomic E-state index is 0.0408. The summed E-state index contributed by atoms with van der Waals surface area (Å²) in [7, 11) is 0. The molecular weight excluding hydrogens is 232 g/mol. The predicted molar refractivity (Wildman–Crippen MR) is 72.6 cm³/mol. The first-order chi connectivity index (χ1) is 8.27. The van der Waals surface area contributed by atoms with E-state index in [1.165, 1.54) is 11.8 Å². The van der Waals surface area contributed by atoms with E-state index in [4.69, 9.17) is 5.73 Å². The molecule has 0 bridgehead atoms. The number of rotatable bonds is 4. The number of hydrogen-bond acceptors (Lipinski definition) is 3. The highest BCUT2D eigenvalue weighted by Crippen LogP contribution is 2.06. The molecule has 0 aliphatic carbocycles. The number of nitrogens with two attached hydrogens (primary N) is 1. The number of carbonyl (C=O) groups excluding carboxylic acids is 1. The zero-order valence-corrected chi connectivity index (χ0v) is 10.6. The third-order valence-corrected chi connectivity index (χ3v) is 2.64. The molecule has 1 aromatic carbocycles. The lowest BCUT2D eigenvalue weighted by Crippen LogP contribution is -2.24. The van der Waals surface area contributed by atoms with E-state index < -0.39 is 0 Å². The number of carbonyl (C=O) groups is 1. The highest BCUT2D eigenvalue weighted by molar-refractivity contribution is 7.99. The third kappa shape index (κ3) is 4.94. The Morgan fingerprint density at radius 3 is 2.94 bits per heavy atom. The van der Waals surface area contributed by atoms with Gasteiger partial charge in [0.2, 0.25) is 5.91 Å². The summed E-state index contributed by atoms with van der Waals surface area (Å²) in [5.41, 5.74) is 7.28. The molecule has 17 heavy (non-hydrogen) atoms. The topological polar surface area (TPSA) is 55.1 Å². The summed E-state index contributed by atoms with van der Waals surface area (Å²) in [5, 5.41) is 2.86. The predicted octanol–water partition coefficient (Wildman–Crippen LogP) is 0.976. The van der Waals surface area contributed by atoms with E-state index in [1.807, 2.05) is 30.5 Å². The summed E-state index contributed by atoms with van der Waals surface area (Å²) in [6, 6.07) is 7.75. The number of amides is 1. The Kier molecular flexibility index (Phi) is 6.23. The summed E-state index contributed by atoms with van der Waals surface area (Å²) in [6.07, 6.45) is 1.90. The Balaban J connectivity index is 2.67. The highest BCUT2D eigenvalue weighted by Gasteiger charge is 2.02. The Hall–Kier alpha value is -1.44. The van der Waals surface area contributed by atoms with Crippen molar-refractivity contribution < 1.29 is 4.79 Å². The van der Waals surface area contributed by atoms with Crippen LogP contribution in [0.2, 0.25) is 0 Å². The minimum Gasteiger partial charge on any atom is -0.351 e. The lowest BCUT2D eigenvalue weighted by molar-refractivity contribution is -0.118. The van der Waals surface area contributed by atoms with Crippen molar-refractivity contribution in [3.63, 3.8) is 0 Å². The molecule has 0 unspecified atom stereocenters. The molecule has 0 spiro atoms. The summed E-state index contributed by atoms with van der Waals surface area (Å²) < 4.78 is 0. The van der Waals surface area contributed by atoms with E-state index in [9.17, 15) is 4.79 Å². The molecule has 3 nitrogen and oxygen atoms in total. The van der Waals surface area contributed by atoms with Crippen LogP contribution in [0.4, 0.5) is 0 Å². The van der Waals surface area contributed by atoms with Crippen molar-refractivity contribution in [3.05, 3.63) is 35.4 Å². The summed E-state index contributed by atoms with van der Waals surface area (Å²) >= 11 is 1.51. The summed E-state index contributed by atoms with van der Waals surface area (Å²) in [6.45, 7) is 0.849. The van der Waals surface area contributed by atoms with Gasteiger partial charge in [-0.3, -0.25) is 4.79 Å². The minimum atomic E-state index is 0.0408. The van der Waals surface area contributed by atoms with Gasteiger partial charge in [0.1, 0.15) is 0 Å². The fraction of sp³-hybridized carbons (Fsp3) is 0.308. The Bertz CT molecular complexity index is 435. The van der Waals surface area contributed by atoms with Crippen LogP contribution in [0.5, 0.6) is 0 Å². The van der Waals surface area contributed by atoms with Crippen molar-refractivity contribution in [2.75, 3.05) is 18.6 Å². The standard InChI is InChI=1S/C13H16N2OS/c1-17-10-13(16)15-9-12-6-3-2-5-11(12)7-4-8-14/h2-3,5-6H,8-10,14H2,1H3,(H,15,16). The second kappa shape index (κ2) is 7.77. The van der Waals surface area contributed by atoms with Gasteiger partial charge in [-0.15, -0.1) is 0 Å². The molecule has 1 amide bonds. The van der Waals surface area contributed by atoms with Gasteiger partial charge in [0, 0.05) is 12.1 Å². The number of nitrogens with one attached hydrogen (secondary N) is 1. The van der Waals surface area contributed by atoms with Gasteiger partial charge in [-0.25, -0.2) is 0 Å². The smallest absolute Gasteiger partial charge is 0.230 e. The van der Waals surface area contributed by atoms with Crippen LogP contribution in [0.1, 0.15) is 11.1 Å². The first kappa shape index (κ1) is 13.6. The maximum absolute atomic E-state index is 11.4. The summed E-state index contributed by atoms with van der Waals surface area (Å²) in [4.78, 5) is 11.4. The second-order valence-corrected chi connectivity index (χ2v) is 4.24. The second-order valence-electron chi connectivity index (χ2n) is 3.37. The first-order valence-electron chi connectivity index (χ1n) is 5.30. The van der Waals surface area contributed by atoms with Crippen molar-refractivity contribution in [2.45, 2.75) is 6.54 Å². The molecule has 3 N–H and O–H groups in total. The normalized spacial score (nSPS) is 9.29. The summed E-state index contributed by atoms with van der Waals surface area (Å²) in [5.74, 6) is 6.34. The molecule has 0 aliphatic rings. The molecule has 1 aromatic rings. The van der Waals surface area contributed by atoms with Gasteiger partial charge in [-0.2, -0.15) is 11.8 Å². The van der Waals surface area contributed by atoms with Gasteiger partial charge < -0.3 is 11.1 Å². The Morgan fingerprint density at radius 2 is 2.24 bits per heavy atom. The van der Waals surface area contributed by atoms with Crippen molar-refractivity contribution in [1.29, 1.82) is 0 Å². The van der Waals surface area contributed by atoms with Crippen LogP contribution >= 0.6 is 11.8 Å². The van der Waals surface area contributed by atoms with E-state index in [-0.39, 0.29) is 5.91 Å². The molecule has 0 radical (unpaired) electrons. The SMILES string of the molecule is CSCC(=O)NCc1ccccc1C#CCN. The molecule has 0 atom stereocenters. The van der Waals surface area contributed by atoms with Gasteiger partial charge in [-0.05, 0) is 17.9 Å². The molecule has 0 heterocycles. The molecule has 0 saturated carbocycles. The average molecular weight is 248 g/mol. The highest BCUT2D eigenvalue weighted by atomic mass is 32.2. The zero-order valence-electron chi connectivity index (χ0n) is 9.82. The van der Waals surface area contributed by atoms with Crippen LogP contribution in [-0.2, 0) is 11.3 Å². The first-order valence-corrected chi connectivity index (χ1v) is 6.69. The molecule has 0 fully saturated rings. The molecule has 0 aliphatic heterocycles. The van der Waals surface area contributed by atoms with Crippen LogP contribution in [0.25, 0.3) is 0 Å². The van der Waals surface area contributed by atoms with Gasteiger partial charge in [0.25, 0.3) is 0 Å². The quantitative estimate of drug-likeness (QED) is 0.781. The zero-order chi connectivity index (χ0) is 12.5. The average Bonchev–Trinajstić information content (AvgIpc) is 2.35. The largest absolute Gasteiger partial charge is 0.351 e. The fourth-order valence-electron chi connectivity index (χ4n) is 1.32. The Labute approximate surface area is 106 Å². The van der Waals surface area contributed by atoms with Crippen molar-refractivity contribution in [2.24, 2.45) is 5.73 Å². The van der Waals surface area contributed by atoms with Crippen LogP contribution in [0, 0.1) is 11.8 Å². The van der Waals surface area contributed by atoms with E-state index in [1.54, 1.807) is 0 Å². The van der Waals surface area contributed by atoms with Crippen LogP contribution < -0.4 is 11.1 Å². The van der Waals surface area contributed by atoms with E-state index in [2.05, 4.69) is 17.2 Å². The van der Waals surface area contributed by atoms with Gasteiger partial charge >= 0.3 is 0 Å². The maximum atomic E-state index is 11.4. The monoisotopic (exact) mass is 248 g/mol. The molecular formula is C13H16N2OS. The molecule has 1 rings (SSSR count).